The molecule has 0 radical (unpaired) electrons. The Hall–Kier alpha value is -3.77. The van der Waals surface area contributed by atoms with Crippen LogP contribution in [0.5, 0.6) is 5.75 Å². The highest BCUT2D eigenvalue weighted by molar-refractivity contribution is 7.99. The number of benzene rings is 3. The maximum Gasteiger partial charge on any atom is 0.416 e. The van der Waals surface area contributed by atoms with Crippen molar-refractivity contribution in [2.75, 3.05) is 12.9 Å². The third-order valence-electron chi connectivity index (χ3n) is 7.45. The smallest absolute Gasteiger partial charge is 0.416 e. The normalized spacial score (nSPS) is 15.5. The van der Waals surface area contributed by atoms with Crippen LogP contribution in [0.3, 0.4) is 0 Å². The lowest BCUT2D eigenvalue weighted by Crippen LogP contribution is -2.34. The second-order valence-electron chi connectivity index (χ2n) is 9.77. The van der Waals surface area contributed by atoms with Gasteiger partial charge in [-0.25, -0.2) is 17.6 Å². The molecule has 3 aromatic carbocycles. The van der Waals surface area contributed by atoms with E-state index in [9.17, 15) is 31.1 Å². The molecule has 0 saturated heterocycles. The van der Waals surface area contributed by atoms with Crippen molar-refractivity contribution < 1.29 is 35.5 Å². The molecule has 2 N–H and O–H groups in total. The molecule has 0 bridgehead atoms. The third kappa shape index (κ3) is 4.96. The minimum absolute atomic E-state index is 0.0618. The van der Waals surface area contributed by atoms with E-state index in [0.717, 1.165) is 36.0 Å². The van der Waals surface area contributed by atoms with Crippen LogP contribution < -0.4 is 16.0 Å². The van der Waals surface area contributed by atoms with Gasteiger partial charge in [0.05, 0.1) is 35.3 Å². The number of aromatic nitrogens is 1. The van der Waals surface area contributed by atoms with Crippen LogP contribution in [0.25, 0.3) is 11.1 Å². The summed E-state index contributed by atoms with van der Waals surface area (Å²) in [6.45, 7) is 1.44. The van der Waals surface area contributed by atoms with E-state index in [2.05, 4.69) is 0 Å². The van der Waals surface area contributed by atoms with Crippen LogP contribution in [0.15, 0.2) is 64.4 Å². The van der Waals surface area contributed by atoms with Gasteiger partial charge in [0, 0.05) is 28.9 Å². The molecule has 2 heterocycles. The number of alkyl halides is 3. The number of halogens is 7. The van der Waals surface area contributed by atoms with Crippen LogP contribution in [0, 0.1) is 30.2 Å². The molecule has 42 heavy (non-hydrogen) atoms. The highest BCUT2D eigenvalue weighted by Crippen LogP contribution is 2.45. The zero-order chi connectivity index (χ0) is 30.5. The molecule has 0 fully saturated rings. The van der Waals surface area contributed by atoms with Crippen molar-refractivity contribution in [1.29, 1.82) is 0 Å². The Morgan fingerprint density at radius 3 is 2.33 bits per heavy atom. The third-order valence-corrected chi connectivity index (χ3v) is 8.67. The highest BCUT2D eigenvalue weighted by atomic mass is 32.2. The molecule has 0 amide bonds. The monoisotopic (exact) mass is 608 g/mol. The van der Waals surface area contributed by atoms with Gasteiger partial charge in [-0.3, -0.25) is 9.36 Å². The van der Waals surface area contributed by atoms with Crippen molar-refractivity contribution in [3.05, 3.63) is 116 Å². The van der Waals surface area contributed by atoms with Crippen LogP contribution in [-0.4, -0.2) is 17.4 Å². The highest BCUT2D eigenvalue weighted by Gasteiger charge is 2.38. The minimum Gasteiger partial charge on any atom is -0.494 e. The van der Waals surface area contributed by atoms with E-state index in [-0.39, 0.29) is 44.3 Å². The first-order valence-electron chi connectivity index (χ1n) is 12.6. The van der Waals surface area contributed by atoms with E-state index in [1.54, 1.807) is 0 Å². The maximum atomic E-state index is 15.5. The summed E-state index contributed by atoms with van der Waals surface area (Å²) in [7, 11) is 1.23. The van der Waals surface area contributed by atoms with Gasteiger partial charge < -0.3 is 10.5 Å². The summed E-state index contributed by atoms with van der Waals surface area (Å²) in [4.78, 5) is 14.1. The van der Waals surface area contributed by atoms with E-state index in [1.807, 2.05) is 0 Å². The SMILES string of the molecule is COc1cccc(-c2c(C)c(Cc3c(F)cccc3C(F)(F)F)c3n(c2=O)[C@H](C(N)c2cccc(F)c2F)CS3)c1F. The molecule has 0 aliphatic carbocycles. The summed E-state index contributed by atoms with van der Waals surface area (Å²) < 4.78 is 107. The van der Waals surface area contributed by atoms with Crippen molar-refractivity contribution in [1.82, 2.24) is 4.57 Å². The molecule has 220 valence electrons. The Morgan fingerprint density at radius 2 is 1.64 bits per heavy atom. The average Bonchev–Trinajstić information content (AvgIpc) is 3.38. The number of hydrogen-bond acceptors (Lipinski definition) is 4. The molecule has 0 spiro atoms. The lowest BCUT2D eigenvalue weighted by atomic mass is 9.91. The molecule has 4 aromatic rings. The fourth-order valence-corrected chi connectivity index (χ4v) is 6.79. The Balaban J connectivity index is 1.80. The van der Waals surface area contributed by atoms with Gasteiger partial charge in [0.15, 0.2) is 23.2 Å². The summed E-state index contributed by atoms with van der Waals surface area (Å²) >= 11 is 1.06. The average molecular weight is 609 g/mol. The van der Waals surface area contributed by atoms with Gasteiger partial charge in [-0.1, -0.05) is 30.3 Å². The summed E-state index contributed by atoms with van der Waals surface area (Å²) in [6.07, 6.45) is -5.47. The Labute approximate surface area is 239 Å². The van der Waals surface area contributed by atoms with Crippen LogP contribution in [-0.2, 0) is 12.6 Å². The molecule has 4 nitrogen and oxygen atoms in total. The van der Waals surface area contributed by atoms with Crippen molar-refractivity contribution in [2.24, 2.45) is 5.73 Å². The topological polar surface area (TPSA) is 57.2 Å². The Bertz CT molecular complexity index is 1750. The summed E-state index contributed by atoms with van der Waals surface area (Å²) in [5, 5.41) is 0.179. The van der Waals surface area contributed by atoms with Gasteiger partial charge in [0.2, 0.25) is 0 Å². The second-order valence-corrected chi connectivity index (χ2v) is 10.8. The summed E-state index contributed by atoms with van der Waals surface area (Å²) in [6, 6.07) is 7.86. The summed E-state index contributed by atoms with van der Waals surface area (Å²) in [5.74, 6) is -4.48. The summed E-state index contributed by atoms with van der Waals surface area (Å²) in [5.41, 5.74) is 3.45. The van der Waals surface area contributed by atoms with Crippen LogP contribution in [0.1, 0.15) is 39.9 Å². The van der Waals surface area contributed by atoms with E-state index in [1.165, 1.54) is 48.9 Å². The first-order valence-corrected chi connectivity index (χ1v) is 13.6. The van der Waals surface area contributed by atoms with Crippen LogP contribution in [0.2, 0.25) is 0 Å². The number of fused-ring (bicyclic) bond motifs is 1. The number of ether oxygens (including phenoxy) is 1. The molecule has 1 unspecified atom stereocenters. The zero-order valence-corrected chi connectivity index (χ0v) is 23.0. The fraction of sp³-hybridized carbons (Fsp3) is 0.233. The molecule has 2 atom stereocenters. The van der Waals surface area contributed by atoms with Crippen molar-refractivity contribution in [3.8, 4) is 16.9 Å². The molecule has 12 heteroatoms. The minimum atomic E-state index is -4.88. The number of nitrogens with zero attached hydrogens (tertiary/aromatic N) is 1. The second kappa shape index (κ2) is 11.1. The lowest BCUT2D eigenvalue weighted by molar-refractivity contribution is -0.138. The Morgan fingerprint density at radius 1 is 0.976 bits per heavy atom. The van der Waals surface area contributed by atoms with Crippen LogP contribution >= 0.6 is 11.8 Å². The number of pyridine rings is 1. The molecule has 1 aliphatic rings. The van der Waals surface area contributed by atoms with Crippen molar-refractivity contribution in [2.45, 2.75) is 36.6 Å². The maximum absolute atomic E-state index is 15.5. The lowest BCUT2D eigenvalue weighted by Gasteiger charge is -2.25. The van der Waals surface area contributed by atoms with Crippen molar-refractivity contribution in [3.63, 3.8) is 0 Å². The molecule has 1 aromatic heterocycles. The largest absolute Gasteiger partial charge is 0.494 e. The molecule has 5 rings (SSSR count). The number of nitrogens with two attached hydrogens (primary N) is 1. The zero-order valence-electron chi connectivity index (χ0n) is 22.2. The van der Waals surface area contributed by atoms with Gasteiger partial charge in [-0.15, -0.1) is 11.8 Å². The van der Waals surface area contributed by atoms with E-state index >= 15 is 4.39 Å². The van der Waals surface area contributed by atoms with Gasteiger partial charge in [-0.05, 0) is 42.3 Å². The number of rotatable bonds is 6. The molecule has 1 aliphatic heterocycles. The number of thioether (sulfide) groups is 1. The number of hydrogen-bond donors (Lipinski definition) is 1. The Kier molecular flexibility index (Phi) is 7.88. The quantitative estimate of drug-likeness (QED) is 0.233. The standard InChI is InChI=1S/C30H23F7N2O2S/c1-14-17(12-18-19(30(35,36)37)8-5-9-20(18)31)29-39(28(40)24(14)15-6-4-11-23(41-2)26(15)34)22(13-42-29)27(38)16-7-3-10-21(32)25(16)33/h3-11,22,27H,12-13,38H2,1-2H3/t22-,27?/m0/s1. The number of methoxy groups -OCH3 is 1. The first-order chi connectivity index (χ1) is 19.9. The predicted molar refractivity (Wildman–Crippen MR) is 145 cm³/mol. The van der Waals surface area contributed by atoms with Gasteiger partial charge in [-0.2, -0.15) is 13.2 Å². The molecule has 0 saturated carbocycles. The molecular formula is C30H23F7N2O2S. The van der Waals surface area contributed by atoms with Gasteiger partial charge in [0.25, 0.3) is 5.56 Å². The van der Waals surface area contributed by atoms with E-state index < -0.39 is 64.6 Å². The van der Waals surface area contributed by atoms with Crippen molar-refractivity contribution >= 4 is 11.8 Å². The first kappa shape index (κ1) is 29.7. The van der Waals surface area contributed by atoms with E-state index in [0.29, 0.717) is 0 Å². The van der Waals surface area contributed by atoms with Crippen LogP contribution in [0.4, 0.5) is 30.7 Å². The van der Waals surface area contributed by atoms with E-state index in [4.69, 9.17) is 10.5 Å². The fourth-order valence-electron chi connectivity index (χ4n) is 5.34. The van der Waals surface area contributed by atoms with Gasteiger partial charge >= 0.3 is 6.18 Å². The van der Waals surface area contributed by atoms with Gasteiger partial charge in [0.1, 0.15) is 5.82 Å². The predicted octanol–water partition coefficient (Wildman–Crippen LogP) is 7.35. The molecular weight excluding hydrogens is 585 g/mol.